The maximum absolute atomic E-state index is 13.6. The van der Waals surface area contributed by atoms with Gasteiger partial charge in [0.25, 0.3) is 0 Å². The normalized spacial score (nSPS) is 17.2. The zero-order valence-corrected chi connectivity index (χ0v) is 22.4. The highest BCUT2D eigenvalue weighted by molar-refractivity contribution is 7.98. The van der Waals surface area contributed by atoms with Crippen LogP contribution in [0, 0.1) is 11.7 Å². The van der Waals surface area contributed by atoms with Gasteiger partial charge in [-0.25, -0.2) is 4.39 Å². The summed E-state index contributed by atoms with van der Waals surface area (Å²) in [4.78, 5) is 15.2. The number of benzene rings is 2. The van der Waals surface area contributed by atoms with Crippen molar-refractivity contribution in [2.24, 2.45) is 5.92 Å². The monoisotopic (exact) mass is 509 g/mol. The van der Waals surface area contributed by atoms with E-state index in [1.807, 2.05) is 32.2 Å². The van der Waals surface area contributed by atoms with Gasteiger partial charge in [0.15, 0.2) is 0 Å². The van der Waals surface area contributed by atoms with Gasteiger partial charge < -0.3 is 14.4 Å². The lowest BCUT2D eigenvalue weighted by Crippen LogP contribution is -2.25. The van der Waals surface area contributed by atoms with Crippen LogP contribution in [-0.2, 0) is 20.3 Å². The first-order valence-electron chi connectivity index (χ1n) is 11.8. The molecule has 0 saturated carbocycles. The van der Waals surface area contributed by atoms with Gasteiger partial charge in [-0.2, -0.15) is 0 Å². The predicted octanol–water partition coefficient (Wildman–Crippen LogP) is 6.58. The summed E-state index contributed by atoms with van der Waals surface area (Å²) in [6.45, 7) is 7.07. The Morgan fingerprint density at radius 3 is 2.56 bits per heavy atom. The number of fused-ring (bicyclic) bond motifs is 1. The number of anilines is 2. The first-order chi connectivity index (χ1) is 16.5. The van der Waals surface area contributed by atoms with Crippen molar-refractivity contribution in [3.05, 3.63) is 42.2 Å². The number of ether oxygens (including phenoxy) is 2. The number of carbonyl (C=O) groups is 1. The lowest BCUT2D eigenvalue weighted by Gasteiger charge is -2.28. The topological polar surface area (TPSA) is 55.8 Å². The molecule has 0 saturated heterocycles. The van der Waals surface area contributed by atoms with Crippen LogP contribution in [0.15, 0.2) is 46.2 Å². The molecular formula is C26H36FNO4S2. The first kappa shape index (κ1) is 28.2. The molecule has 3 rings (SSSR count). The number of methoxy groups -OCH3 is 1. The number of carbonyl (C=O) groups excluding carboxylic acids is 1. The van der Waals surface area contributed by atoms with E-state index >= 15 is 0 Å². The van der Waals surface area contributed by atoms with Gasteiger partial charge in [0.2, 0.25) is 0 Å². The second-order valence-electron chi connectivity index (χ2n) is 7.75. The first-order valence-corrected chi connectivity index (χ1v) is 14.3. The van der Waals surface area contributed by atoms with E-state index in [-0.39, 0.29) is 30.7 Å². The molecule has 1 aliphatic rings. The number of unbranched alkanes of at least 4 members (excludes halogenated alkanes) is 1. The molecule has 0 fully saturated rings. The largest absolute Gasteiger partial charge is 0.492 e. The molecule has 5 nitrogen and oxygen atoms in total. The lowest BCUT2D eigenvalue weighted by molar-refractivity contribution is -0.141. The van der Waals surface area contributed by atoms with Gasteiger partial charge in [0.05, 0.1) is 46.4 Å². The SMILES string of the molecule is CC.CCCCC1CN(c2ccc(F)cc2)c2cc(SC)c(OCCC(=O)OC)cc2S(=O)C1. The summed E-state index contributed by atoms with van der Waals surface area (Å²) in [5, 5.41) is 0. The smallest absolute Gasteiger partial charge is 0.308 e. The van der Waals surface area contributed by atoms with Crippen LogP contribution < -0.4 is 9.64 Å². The van der Waals surface area contributed by atoms with E-state index in [0.29, 0.717) is 16.4 Å². The third-order valence-electron chi connectivity index (χ3n) is 5.50. The lowest BCUT2D eigenvalue weighted by atomic mass is 10.0. The van der Waals surface area contributed by atoms with Crippen molar-refractivity contribution in [1.82, 2.24) is 0 Å². The van der Waals surface area contributed by atoms with Crippen molar-refractivity contribution >= 4 is 39.9 Å². The zero-order chi connectivity index (χ0) is 25.1. The Morgan fingerprint density at radius 1 is 1.24 bits per heavy atom. The molecular weight excluding hydrogens is 473 g/mol. The van der Waals surface area contributed by atoms with Crippen LogP contribution >= 0.6 is 11.8 Å². The minimum absolute atomic E-state index is 0.144. The fourth-order valence-electron chi connectivity index (χ4n) is 3.79. The molecule has 0 N–H and O–H groups in total. The second kappa shape index (κ2) is 14.4. The van der Waals surface area contributed by atoms with Crippen molar-refractivity contribution in [2.75, 3.05) is 37.2 Å². The molecule has 34 heavy (non-hydrogen) atoms. The average Bonchev–Trinajstić information content (AvgIpc) is 2.99. The minimum Gasteiger partial charge on any atom is -0.492 e. The van der Waals surface area contributed by atoms with Gasteiger partial charge in [0, 0.05) is 18.0 Å². The minimum atomic E-state index is -1.20. The van der Waals surface area contributed by atoms with E-state index in [1.165, 1.54) is 31.0 Å². The van der Waals surface area contributed by atoms with E-state index in [4.69, 9.17) is 4.74 Å². The molecule has 2 aromatic carbocycles. The molecule has 2 atom stereocenters. The van der Waals surface area contributed by atoms with E-state index in [1.54, 1.807) is 12.1 Å². The molecule has 0 bridgehead atoms. The van der Waals surface area contributed by atoms with Crippen LogP contribution in [0.25, 0.3) is 0 Å². The van der Waals surface area contributed by atoms with Crippen molar-refractivity contribution in [3.63, 3.8) is 0 Å². The standard InChI is InChI=1S/C24H30FNO4S2.C2H6/c1-4-5-6-17-15-26(19-9-7-18(25)8-10-19)20-13-22(31-3)21(14-23(20)32(28)16-17)30-12-11-24(27)29-2;1-2/h7-10,13-14,17H,4-6,11-12,15-16H2,1-3H3;1-2H3. The highest BCUT2D eigenvalue weighted by Gasteiger charge is 2.29. The molecule has 1 aliphatic heterocycles. The fraction of sp³-hybridized carbons (Fsp3) is 0.500. The fourth-order valence-corrected chi connectivity index (χ4v) is 5.86. The van der Waals surface area contributed by atoms with E-state index in [0.717, 1.165) is 42.1 Å². The third-order valence-corrected chi connectivity index (χ3v) is 7.86. The van der Waals surface area contributed by atoms with Gasteiger partial charge in [-0.05, 0) is 55.0 Å². The maximum atomic E-state index is 13.6. The van der Waals surface area contributed by atoms with Crippen LogP contribution in [0.1, 0.15) is 46.5 Å². The van der Waals surface area contributed by atoms with Crippen molar-refractivity contribution in [2.45, 2.75) is 56.2 Å². The summed E-state index contributed by atoms with van der Waals surface area (Å²) in [7, 11) is 0.149. The van der Waals surface area contributed by atoms with Crippen LogP contribution in [0.5, 0.6) is 5.75 Å². The number of rotatable bonds is 9. The Labute approximate surface area is 209 Å². The molecule has 0 radical (unpaired) electrons. The van der Waals surface area contributed by atoms with Crippen LogP contribution in [-0.4, -0.2) is 42.4 Å². The number of hydrogen-bond acceptors (Lipinski definition) is 6. The quantitative estimate of drug-likeness (QED) is 0.281. The van der Waals surface area contributed by atoms with Crippen molar-refractivity contribution < 1.29 is 22.9 Å². The Hall–Kier alpha value is -2.06. The molecule has 2 unspecified atom stereocenters. The van der Waals surface area contributed by atoms with Crippen LogP contribution in [0.3, 0.4) is 0 Å². The van der Waals surface area contributed by atoms with Gasteiger partial charge in [-0.1, -0.05) is 33.6 Å². The number of hydrogen-bond donors (Lipinski definition) is 0. The summed E-state index contributed by atoms with van der Waals surface area (Å²) >= 11 is 1.53. The molecule has 0 spiro atoms. The highest BCUT2D eigenvalue weighted by atomic mass is 32.2. The molecule has 188 valence electrons. The Balaban J connectivity index is 0.00000199. The zero-order valence-electron chi connectivity index (χ0n) is 20.8. The molecule has 1 heterocycles. The summed E-state index contributed by atoms with van der Waals surface area (Å²) in [5.74, 6) is 0.823. The van der Waals surface area contributed by atoms with Crippen LogP contribution in [0.2, 0.25) is 0 Å². The van der Waals surface area contributed by atoms with Gasteiger partial charge in [-0.15, -0.1) is 11.8 Å². The maximum Gasteiger partial charge on any atom is 0.308 e. The van der Waals surface area contributed by atoms with Crippen molar-refractivity contribution in [1.29, 1.82) is 0 Å². The molecule has 0 amide bonds. The molecule has 2 aromatic rings. The highest BCUT2D eigenvalue weighted by Crippen LogP contribution is 2.42. The Morgan fingerprint density at radius 2 is 1.94 bits per heavy atom. The number of nitrogens with zero attached hydrogens (tertiary/aromatic N) is 1. The van der Waals surface area contributed by atoms with Gasteiger partial charge in [-0.3, -0.25) is 9.00 Å². The van der Waals surface area contributed by atoms with Gasteiger partial charge in [0.1, 0.15) is 11.6 Å². The summed E-state index contributed by atoms with van der Waals surface area (Å²) in [6.07, 6.45) is 5.25. The van der Waals surface area contributed by atoms with Crippen molar-refractivity contribution in [3.8, 4) is 5.75 Å². The van der Waals surface area contributed by atoms with Gasteiger partial charge >= 0.3 is 5.97 Å². The predicted molar refractivity (Wildman–Crippen MR) is 139 cm³/mol. The Kier molecular flexibility index (Phi) is 11.9. The van der Waals surface area contributed by atoms with E-state index < -0.39 is 10.8 Å². The summed E-state index contributed by atoms with van der Waals surface area (Å²) in [5.41, 5.74) is 1.73. The summed E-state index contributed by atoms with van der Waals surface area (Å²) < 4.78 is 37.5. The van der Waals surface area contributed by atoms with Crippen LogP contribution in [0.4, 0.5) is 15.8 Å². The molecule has 8 heteroatoms. The third kappa shape index (κ3) is 7.47. The summed E-state index contributed by atoms with van der Waals surface area (Å²) in [6, 6.07) is 10.3. The second-order valence-corrected chi connectivity index (χ2v) is 10.1. The van der Waals surface area contributed by atoms with E-state index in [9.17, 15) is 13.4 Å². The number of esters is 1. The van der Waals surface area contributed by atoms with E-state index in [2.05, 4.69) is 16.6 Å². The number of thioether (sulfide) groups is 1. The molecule has 0 aromatic heterocycles. The Bertz CT molecular complexity index is 953. The number of halogens is 1. The average molecular weight is 510 g/mol. The molecule has 0 aliphatic carbocycles.